The molecule has 4 heteroatoms. The summed E-state index contributed by atoms with van der Waals surface area (Å²) >= 11 is 0. The van der Waals surface area contributed by atoms with Crippen molar-refractivity contribution >= 4 is 5.82 Å². The molecule has 4 nitrogen and oxygen atoms in total. The Morgan fingerprint density at radius 1 is 1.54 bits per heavy atom. The van der Waals surface area contributed by atoms with E-state index in [9.17, 15) is 0 Å². The Morgan fingerprint density at radius 3 is 3.00 bits per heavy atom. The Balaban J connectivity index is 2.52. The van der Waals surface area contributed by atoms with E-state index in [0.29, 0.717) is 17.3 Å². The van der Waals surface area contributed by atoms with Crippen LogP contribution in [-0.2, 0) is 6.42 Å². The molecule has 0 aliphatic carbocycles. The molecule has 68 valence electrons. The monoisotopic (exact) mass is 178 g/mol. The van der Waals surface area contributed by atoms with Crippen molar-refractivity contribution in [2.45, 2.75) is 13.3 Å². The van der Waals surface area contributed by atoms with Crippen molar-refractivity contribution in [2.75, 3.05) is 5.73 Å². The Labute approximate surface area is 75.3 Å². The molecule has 0 aromatic carbocycles. The molecule has 13 heavy (non-hydrogen) atoms. The zero-order valence-corrected chi connectivity index (χ0v) is 7.28. The first-order valence-corrected chi connectivity index (χ1v) is 4.10. The first kappa shape index (κ1) is 7.91. The Bertz CT molecular complexity index is 390. The van der Waals surface area contributed by atoms with Crippen LogP contribution in [0.1, 0.15) is 12.5 Å². The summed E-state index contributed by atoms with van der Waals surface area (Å²) in [6, 6.07) is 3.62. The maximum atomic E-state index is 5.61. The third-order valence-electron chi connectivity index (χ3n) is 1.92. The van der Waals surface area contributed by atoms with E-state index in [4.69, 9.17) is 14.7 Å². The average molecular weight is 178 g/mol. The predicted molar refractivity (Wildman–Crippen MR) is 48.0 cm³/mol. The van der Waals surface area contributed by atoms with Crippen molar-refractivity contribution in [3.63, 3.8) is 0 Å². The molecule has 0 bridgehead atoms. The van der Waals surface area contributed by atoms with Crippen molar-refractivity contribution in [3.8, 4) is 11.5 Å². The van der Waals surface area contributed by atoms with E-state index in [2.05, 4.69) is 5.16 Å². The van der Waals surface area contributed by atoms with E-state index in [0.717, 1.165) is 12.0 Å². The normalized spacial score (nSPS) is 10.5. The zero-order chi connectivity index (χ0) is 9.26. The summed E-state index contributed by atoms with van der Waals surface area (Å²) < 4.78 is 10.2. The summed E-state index contributed by atoms with van der Waals surface area (Å²) in [5.41, 5.74) is 6.51. The van der Waals surface area contributed by atoms with Gasteiger partial charge in [0.05, 0.1) is 6.26 Å². The van der Waals surface area contributed by atoms with Crippen LogP contribution < -0.4 is 5.73 Å². The molecule has 2 aromatic rings. The summed E-state index contributed by atoms with van der Waals surface area (Å²) in [6.45, 7) is 2.00. The van der Waals surface area contributed by atoms with E-state index in [-0.39, 0.29) is 0 Å². The Morgan fingerprint density at radius 2 is 2.38 bits per heavy atom. The number of nitrogens with two attached hydrogens (primary N) is 1. The number of hydrogen-bond donors (Lipinski definition) is 1. The quantitative estimate of drug-likeness (QED) is 0.764. The summed E-state index contributed by atoms with van der Waals surface area (Å²) in [5, 5.41) is 3.69. The van der Waals surface area contributed by atoms with Gasteiger partial charge in [-0.2, -0.15) is 0 Å². The van der Waals surface area contributed by atoms with Gasteiger partial charge >= 0.3 is 0 Å². The molecule has 0 spiro atoms. The Kier molecular flexibility index (Phi) is 1.81. The topological polar surface area (TPSA) is 65.2 Å². The summed E-state index contributed by atoms with van der Waals surface area (Å²) in [7, 11) is 0. The van der Waals surface area contributed by atoms with Gasteiger partial charge in [-0.15, -0.1) is 0 Å². The van der Waals surface area contributed by atoms with Gasteiger partial charge in [0.15, 0.2) is 11.6 Å². The van der Waals surface area contributed by atoms with Gasteiger partial charge in [0.1, 0.15) is 0 Å². The molecular weight excluding hydrogens is 168 g/mol. The fourth-order valence-electron chi connectivity index (χ4n) is 1.26. The van der Waals surface area contributed by atoms with Gasteiger partial charge in [-0.25, -0.2) is 0 Å². The number of hydrogen-bond acceptors (Lipinski definition) is 4. The SMILES string of the molecule is CCc1c(N)noc1-c1ccco1. The third-order valence-corrected chi connectivity index (χ3v) is 1.92. The minimum atomic E-state index is 0.439. The minimum Gasteiger partial charge on any atom is -0.461 e. The van der Waals surface area contributed by atoms with Gasteiger partial charge in [-0.05, 0) is 18.6 Å². The van der Waals surface area contributed by atoms with E-state index >= 15 is 0 Å². The zero-order valence-electron chi connectivity index (χ0n) is 7.28. The molecule has 0 aliphatic heterocycles. The van der Waals surface area contributed by atoms with Gasteiger partial charge in [0.25, 0.3) is 0 Å². The maximum absolute atomic E-state index is 5.61. The molecule has 0 amide bonds. The number of furan rings is 1. The van der Waals surface area contributed by atoms with Crippen LogP contribution in [0.15, 0.2) is 27.3 Å². The molecule has 2 heterocycles. The lowest BCUT2D eigenvalue weighted by Crippen LogP contribution is -1.90. The highest BCUT2D eigenvalue weighted by Crippen LogP contribution is 2.28. The molecule has 2 N–H and O–H groups in total. The second kappa shape index (κ2) is 2.97. The molecular formula is C9H10N2O2. The lowest BCUT2D eigenvalue weighted by molar-refractivity contribution is 0.420. The molecule has 0 radical (unpaired) electrons. The second-order valence-corrected chi connectivity index (χ2v) is 2.71. The number of nitrogen functional groups attached to an aromatic ring is 1. The Hall–Kier alpha value is -1.71. The van der Waals surface area contributed by atoms with E-state index in [1.54, 1.807) is 12.3 Å². The number of aromatic nitrogens is 1. The lowest BCUT2D eigenvalue weighted by Gasteiger charge is -1.93. The van der Waals surface area contributed by atoms with E-state index in [1.165, 1.54) is 0 Å². The molecule has 2 aromatic heterocycles. The smallest absolute Gasteiger partial charge is 0.207 e. The first-order valence-electron chi connectivity index (χ1n) is 4.10. The number of rotatable bonds is 2. The van der Waals surface area contributed by atoms with E-state index < -0.39 is 0 Å². The van der Waals surface area contributed by atoms with Crippen molar-refractivity contribution in [2.24, 2.45) is 0 Å². The second-order valence-electron chi connectivity index (χ2n) is 2.71. The first-order chi connectivity index (χ1) is 6.33. The highest BCUT2D eigenvalue weighted by molar-refractivity contribution is 5.61. The number of anilines is 1. The van der Waals surface area contributed by atoms with Crippen LogP contribution >= 0.6 is 0 Å². The number of nitrogens with zero attached hydrogens (tertiary/aromatic N) is 1. The average Bonchev–Trinajstić information content (AvgIpc) is 2.71. The van der Waals surface area contributed by atoms with Crippen LogP contribution in [0, 0.1) is 0 Å². The molecule has 0 fully saturated rings. The van der Waals surface area contributed by atoms with Gasteiger partial charge < -0.3 is 14.7 Å². The predicted octanol–water partition coefficient (Wildman–Crippen LogP) is 2.08. The van der Waals surface area contributed by atoms with Crippen LogP contribution in [0.3, 0.4) is 0 Å². The summed E-state index contributed by atoms with van der Waals surface area (Å²) in [4.78, 5) is 0. The van der Waals surface area contributed by atoms with E-state index in [1.807, 2.05) is 13.0 Å². The molecule has 0 aliphatic rings. The van der Waals surface area contributed by atoms with Crippen molar-refractivity contribution in [1.29, 1.82) is 0 Å². The van der Waals surface area contributed by atoms with Crippen LogP contribution in [0.25, 0.3) is 11.5 Å². The van der Waals surface area contributed by atoms with Crippen LogP contribution in [0.5, 0.6) is 0 Å². The molecule has 0 saturated carbocycles. The third kappa shape index (κ3) is 1.20. The van der Waals surface area contributed by atoms with Crippen molar-refractivity contribution in [3.05, 3.63) is 24.0 Å². The largest absolute Gasteiger partial charge is 0.461 e. The van der Waals surface area contributed by atoms with Gasteiger partial charge in [0.2, 0.25) is 5.76 Å². The fourth-order valence-corrected chi connectivity index (χ4v) is 1.26. The lowest BCUT2D eigenvalue weighted by atomic mass is 10.1. The van der Waals surface area contributed by atoms with Crippen LogP contribution in [0.4, 0.5) is 5.82 Å². The summed E-state index contributed by atoms with van der Waals surface area (Å²) in [5.74, 6) is 1.74. The summed E-state index contributed by atoms with van der Waals surface area (Å²) in [6.07, 6.45) is 2.37. The molecule has 2 rings (SSSR count). The highest BCUT2D eigenvalue weighted by Gasteiger charge is 2.15. The molecule has 0 unspecified atom stereocenters. The van der Waals surface area contributed by atoms with Crippen LogP contribution in [-0.4, -0.2) is 5.16 Å². The molecule has 0 saturated heterocycles. The minimum absolute atomic E-state index is 0.439. The molecule has 0 atom stereocenters. The fraction of sp³-hybridized carbons (Fsp3) is 0.222. The van der Waals surface area contributed by atoms with Crippen molar-refractivity contribution in [1.82, 2.24) is 5.16 Å². The maximum Gasteiger partial charge on any atom is 0.207 e. The van der Waals surface area contributed by atoms with Crippen LogP contribution in [0.2, 0.25) is 0 Å². The van der Waals surface area contributed by atoms with Gasteiger partial charge in [-0.3, -0.25) is 0 Å². The van der Waals surface area contributed by atoms with Gasteiger partial charge in [-0.1, -0.05) is 12.1 Å². The standard InChI is InChI=1S/C9H10N2O2/c1-2-6-8(13-11-9(6)10)7-4-3-5-12-7/h3-5H,2H2,1H3,(H2,10,11). The van der Waals surface area contributed by atoms with Crippen molar-refractivity contribution < 1.29 is 8.94 Å². The van der Waals surface area contributed by atoms with Gasteiger partial charge in [0, 0.05) is 5.56 Å². The highest BCUT2D eigenvalue weighted by atomic mass is 16.5.